The van der Waals surface area contributed by atoms with E-state index in [0.717, 1.165) is 89.7 Å². The molecule has 3 saturated heterocycles. The predicted octanol–water partition coefficient (Wildman–Crippen LogP) is 3.04. The Hall–Kier alpha value is -1.47. The number of carbonyl (C=O) groups excluding carboxylic acids is 1. The summed E-state index contributed by atoms with van der Waals surface area (Å²) >= 11 is 0. The first-order chi connectivity index (χ1) is 14.2. The number of hydrogen-bond donors (Lipinski definition) is 0. The van der Waals surface area contributed by atoms with Gasteiger partial charge < -0.3 is 14.1 Å². The zero-order valence-corrected chi connectivity index (χ0v) is 17.9. The molecule has 1 aromatic heterocycles. The summed E-state index contributed by atoms with van der Waals surface area (Å²) in [6.07, 6.45) is 9.70. The van der Waals surface area contributed by atoms with Crippen LogP contribution < -0.4 is 0 Å². The summed E-state index contributed by atoms with van der Waals surface area (Å²) in [4.78, 5) is 18.0. The van der Waals surface area contributed by atoms with Gasteiger partial charge in [-0.15, -0.1) is 10.2 Å². The summed E-state index contributed by atoms with van der Waals surface area (Å²) in [7, 11) is 0. The van der Waals surface area contributed by atoms with Crippen LogP contribution in [0.5, 0.6) is 0 Å². The summed E-state index contributed by atoms with van der Waals surface area (Å²) in [5.41, 5.74) is 0. The third-order valence-corrected chi connectivity index (χ3v) is 7.00. The highest BCUT2D eigenvalue weighted by Crippen LogP contribution is 2.32. The van der Waals surface area contributed by atoms with E-state index in [1.54, 1.807) is 0 Å². The fourth-order valence-corrected chi connectivity index (χ4v) is 5.26. The highest BCUT2D eigenvalue weighted by atomic mass is 16.5. The van der Waals surface area contributed by atoms with Crippen LogP contribution in [0.1, 0.15) is 70.1 Å². The van der Waals surface area contributed by atoms with Gasteiger partial charge in [0, 0.05) is 38.1 Å². The first kappa shape index (κ1) is 20.8. The molecule has 3 aliphatic heterocycles. The number of nitrogens with zero attached hydrogens (tertiary/aromatic N) is 4. The van der Waals surface area contributed by atoms with Crippen LogP contribution in [-0.4, -0.2) is 64.8 Å². The van der Waals surface area contributed by atoms with Crippen LogP contribution in [0.2, 0.25) is 0 Å². The molecule has 0 radical (unpaired) electrons. The van der Waals surface area contributed by atoms with Crippen LogP contribution in [-0.2, 0) is 22.5 Å². The Bertz CT molecular complexity index is 650. The van der Waals surface area contributed by atoms with E-state index in [2.05, 4.69) is 20.0 Å². The second-order valence-electron chi connectivity index (χ2n) is 8.89. The molecular formula is C22H36N4O3. The summed E-state index contributed by atoms with van der Waals surface area (Å²) in [6, 6.07) is 0.421. The lowest BCUT2D eigenvalue weighted by Gasteiger charge is -2.42. The first-order valence-electron chi connectivity index (χ1n) is 11.7. The largest absolute Gasteiger partial charge is 0.424 e. The molecule has 0 unspecified atom stereocenters. The minimum atomic E-state index is 0.176. The molecule has 0 N–H and O–H groups in total. The molecular weight excluding hydrogens is 368 g/mol. The third kappa shape index (κ3) is 5.18. The van der Waals surface area contributed by atoms with Crippen LogP contribution in [0.25, 0.3) is 0 Å². The summed E-state index contributed by atoms with van der Waals surface area (Å²) in [5, 5.41) is 8.24. The molecule has 7 heteroatoms. The summed E-state index contributed by atoms with van der Waals surface area (Å²) in [6.45, 7) is 7.29. The quantitative estimate of drug-likeness (QED) is 0.751. The Morgan fingerprint density at radius 3 is 2.45 bits per heavy atom. The minimum Gasteiger partial charge on any atom is -0.424 e. The number of hydrogen-bond acceptors (Lipinski definition) is 6. The molecule has 1 amide bonds. The van der Waals surface area contributed by atoms with Crippen LogP contribution in [0.15, 0.2) is 4.42 Å². The van der Waals surface area contributed by atoms with Gasteiger partial charge >= 0.3 is 0 Å². The molecule has 0 aliphatic carbocycles. The van der Waals surface area contributed by atoms with E-state index in [4.69, 9.17) is 9.15 Å². The Labute approximate surface area is 174 Å². The minimum absolute atomic E-state index is 0.176. The Morgan fingerprint density at radius 2 is 1.72 bits per heavy atom. The van der Waals surface area contributed by atoms with Gasteiger partial charge in [0.25, 0.3) is 0 Å². The molecule has 0 saturated carbocycles. The lowest BCUT2D eigenvalue weighted by Crippen LogP contribution is -2.50. The Balaban J connectivity index is 1.35. The maximum Gasteiger partial charge on any atom is 0.230 e. The predicted molar refractivity (Wildman–Crippen MR) is 109 cm³/mol. The number of ether oxygens (including phenoxy) is 1. The van der Waals surface area contributed by atoms with Crippen LogP contribution in [0.4, 0.5) is 0 Å². The average molecular weight is 405 g/mol. The fourth-order valence-electron chi connectivity index (χ4n) is 5.26. The van der Waals surface area contributed by atoms with Crippen LogP contribution in [0, 0.1) is 11.8 Å². The van der Waals surface area contributed by atoms with E-state index >= 15 is 0 Å². The van der Waals surface area contributed by atoms with Gasteiger partial charge in [-0.25, -0.2) is 0 Å². The topological polar surface area (TPSA) is 71.7 Å². The number of likely N-dealkylation sites (tertiary alicyclic amines) is 2. The number of aromatic nitrogens is 2. The van der Waals surface area contributed by atoms with Crippen molar-refractivity contribution in [1.29, 1.82) is 0 Å². The van der Waals surface area contributed by atoms with E-state index in [-0.39, 0.29) is 5.92 Å². The number of aryl methyl sites for hydroxylation is 1. The lowest BCUT2D eigenvalue weighted by molar-refractivity contribution is -0.142. The zero-order valence-electron chi connectivity index (χ0n) is 17.9. The molecule has 0 aromatic carbocycles. The molecule has 162 valence electrons. The lowest BCUT2D eigenvalue weighted by atomic mass is 9.85. The highest BCUT2D eigenvalue weighted by molar-refractivity contribution is 5.79. The average Bonchev–Trinajstić information content (AvgIpc) is 3.08. The number of rotatable bonds is 5. The van der Waals surface area contributed by atoms with E-state index in [1.165, 1.54) is 19.3 Å². The molecule has 29 heavy (non-hydrogen) atoms. The smallest absolute Gasteiger partial charge is 0.230 e. The molecule has 0 bridgehead atoms. The van der Waals surface area contributed by atoms with Crippen molar-refractivity contribution < 1.29 is 13.9 Å². The first-order valence-corrected chi connectivity index (χ1v) is 11.7. The summed E-state index contributed by atoms with van der Waals surface area (Å²) < 4.78 is 11.2. The molecule has 1 atom stereocenters. The normalized spacial score (nSPS) is 25.8. The molecule has 7 nitrogen and oxygen atoms in total. The van der Waals surface area contributed by atoms with Gasteiger partial charge in [-0.3, -0.25) is 9.69 Å². The van der Waals surface area contributed by atoms with Crippen molar-refractivity contribution in [2.24, 2.45) is 11.8 Å². The Kier molecular flexibility index (Phi) is 7.19. The van der Waals surface area contributed by atoms with Gasteiger partial charge in [0.15, 0.2) is 0 Å². The zero-order chi connectivity index (χ0) is 20.1. The standard InChI is InChI=1S/C22H36N4O3/c1-2-20-23-24-21(29-20)16-25-12-7-17(8-13-25)19-6-4-3-5-11-26(19)22(27)18-9-14-28-15-10-18/h17-19H,2-16H2,1H3/t19-/m0/s1. The molecule has 0 spiro atoms. The van der Waals surface area contributed by atoms with Gasteiger partial charge in [-0.2, -0.15) is 0 Å². The van der Waals surface area contributed by atoms with Crippen molar-refractivity contribution in [2.75, 3.05) is 32.8 Å². The number of amides is 1. The van der Waals surface area contributed by atoms with Crippen molar-refractivity contribution in [3.8, 4) is 0 Å². The second-order valence-corrected chi connectivity index (χ2v) is 8.89. The SMILES string of the molecule is CCc1nnc(CN2CCC([C@@H]3CCCCCN3C(=O)C3CCOCC3)CC2)o1. The van der Waals surface area contributed by atoms with E-state index in [0.29, 0.717) is 17.9 Å². The van der Waals surface area contributed by atoms with E-state index in [9.17, 15) is 4.79 Å². The van der Waals surface area contributed by atoms with Crippen molar-refractivity contribution in [3.63, 3.8) is 0 Å². The van der Waals surface area contributed by atoms with Crippen LogP contribution >= 0.6 is 0 Å². The molecule has 4 rings (SSSR count). The van der Waals surface area contributed by atoms with Crippen LogP contribution in [0.3, 0.4) is 0 Å². The molecule has 1 aromatic rings. The second kappa shape index (κ2) is 10.0. The number of carbonyl (C=O) groups is 1. The van der Waals surface area contributed by atoms with Gasteiger partial charge in [0.05, 0.1) is 6.54 Å². The van der Waals surface area contributed by atoms with Crippen molar-refractivity contribution >= 4 is 5.91 Å². The Morgan fingerprint density at radius 1 is 0.966 bits per heavy atom. The van der Waals surface area contributed by atoms with E-state index < -0.39 is 0 Å². The summed E-state index contributed by atoms with van der Waals surface area (Å²) in [5.74, 6) is 2.64. The third-order valence-electron chi connectivity index (χ3n) is 7.00. The maximum absolute atomic E-state index is 13.3. The monoisotopic (exact) mass is 404 g/mol. The molecule has 4 heterocycles. The van der Waals surface area contributed by atoms with Gasteiger partial charge in [-0.05, 0) is 57.5 Å². The number of piperidine rings is 1. The van der Waals surface area contributed by atoms with Crippen molar-refractivity contribution in [2.45, 2.75) is 77.3 Å². The van der Waals surface area contributed by atoms with Crippen molar-refractivity contribution in [1.82, 2.24) is 20.0 Å². The highest BCUT2D eigenvalue weighted by Gasteiger charge is 2.36. The maximum atomic E-state index is 13.3. The molecule has 3 aliphatic rings. The van der Waals surface area contributed by atoms with Gasteiger partial charge in [-0.1, -0.05) is 19.8 Å². The van der Waals surface area contributed by atoms with Gasteiger partial charge in [0.2, 0.25) is 17.7 Å². The molecule has 3 fully saturated rings. The fraction of sp³-hybridized carbons (Fsp3) is 0.864. The van der Waals surface area contributed by atoms with E-state index in [1.807, 2.05) is 6.92 Å². The van der Waals surface area contributed by atoms with Gasteiger partial charge in [0.1, 0.15) is 0 Å². The van der Waals surface area contributed by atoms with Crippen molar-refractivity contribution in [3.05, 3.63) is 11.8 Å².